The minimum absolute atomic E-state index is 0.181. The molecule has 1 amide bonds. The summed E-state index contributed by atoms with van der Waals surface area (Å²) in [5.74, 6) is 1.85. The van der Waals surface area contributed by atoms with Gasteiger partial charge in [0.05, 0.1) is 14.2 Å². The Kier molecular flexibility index (Phi) is 7.98. The Labute approximate surface area is 131 Å². The highest BCUT2D eigenvalue weighted by atomic mass is 35.5. The van der Waals surface area contributed by atoms with Crippen molar-refractivity contribution in [3.63, 3.8) is 0 Å². The van der Waals surface area contributed by atoms with Crippen molar-refractivity contribution in [3.8, 4) is 11.5 Å². The van der Waals surface area contributed by atoms with Gasteiger partial charge < -0.3 is 14.8 Å². The van der Waals surface area contributed by atoms with Gasteiger partial charge in [0.2, 0.25) is 0 Å². The lowest BCUT2D eigenvalue weighted by atomic mass is 10.0. The first-order chi connectivity index (χ1) is 10.2. The lowest BCUT2D eigenvalue weighted by molar-refractivity contribution is 0.0939. The lowest BCUT2D eigenvalue weighted by Crippen LogP contribution is -2.30. The molecule has 1 atom stereocenters. The molecule has 0 bridgehead atoms. The monoisotopic (exact) mass is 313 g/mol. The van der Waals surface area contributed by atoms with Crippen LogP contribution in [-0.2, 0) is 0 Å². The quantitative estimate of drug-likeness (QED) is 0.710. The van der Waals surface area contributed by atoms with E-state index in [1.165, 1.54) is 0 Å². The second-order valence-corrected chi connectivity index (χ2v) is 5.26. The van der Waals surface area contributed by atoms with E-state index in [1.807, 2.05) is 0 Å². The largest absolute Gasteiger partial charge is 0.496 e. The van der Waals surface area contributed by atoms with E-state index in [1.54, 1.807) is 32.4 Å². The van der Waals surface area contributed by atoms with Gasteiger partial charge in [-0.1, -0.05) is 19.4 Å². The maximum absolute atomic E-state index is 12.4. The van der Waals surface area contributed by atoms with E-state index in [9.17, 15) is 4.79 Å². The van der Waals surface area contributed by atoms with Crippen LogP contribution in [0.25, 0.3) is 0 Å². The predicted octanol–water partition coefficient (Wildman–Crippen LogP) is 3.48. The van der Waals surface area contributed by atoms with Gasteiger partial charge in [-0.3, -0.25) is 4.79 Å². The number of methoxy groups -OCH3 is 2. The van der Waals surface area contributed by atoms with Gasteiger partial charge in [0.1, 0.15) is 17.1 Å². The summed E-state index contributed by atoms with van der Waals surface area (Å²) in [6.07, 6.45) is 3.03. The molecule has 118 valence electrons. The highest BCUT2D eigenvalue weighted by Gasteiger charge is 2.19. The first kappa shape index (κ1) is 17.6. The summed E-state index contributed by atoms with van der Waals surface area (Å²) < 4.78 is 10.5. The molecule has 0 saturated carbocycles. The summed E-state index contributed by atoms with van der Waals surface area (Å²) in [5, 5.41) is 2.96. The molecule has 0 heterocycles. The molecule has 1 rings (SSSR count). The molecule has 1 aromatic rings. The molecule has 1 N–H and O–H groups in total. The van der Waals surface area contributed by atoms with Crippen molar-refractivity contribution in [2.75, 3.05) is 26.6 Å². The van der Waals surface area contributed by atoms with Crippen LogP contribution in [0.4, 0.5) is 0 Å². The molecule has 0 saturated heterocycles. The van der Waals surface area contributed by atoms with Crippen LogP contribution in [-0.4, -0.2) is 32.6 Å². The molecule has 21 heavy (non-hydrogen) atoms. The number of hydrogen-bond acceptors (Lipinski definition) is 3. The fourth-order valence-corrected chi connectivity index (χ4v) is 2.62. The molecule has 0 spiro atoms. The lowest BCUT2D eigenvalue weighted by Gasteiger charge is -2.17. The first-order valence-corrected chi connectivity index (χ1v) is 7.76. The van der Waals surface area contributed by atoms with Gasteiger partial charge in [-0.15, -0.1) is 11.6 Å². The molecule has 0 radical (unpaired) electrons. The zero-order valence-corrected chi connectivity index (χ0v) is 13.7. The normalized spacial score (nSPS) is 11.8. The molecular weight excluding hydrogens is 290 g/mol. The number of rotatable bonds is 9. The number of hydrogen-bond donors (Lipinski definition) is 1. The Morgan fingerprint density at radius 3 is 2.33 bits per heavy atom. The summed E-state index contributed by atoms with van der Waals surface area (Å²) in [6.45, 7) is 2.74. The molecule has 5 heteroatoms. The van der Waals surface area contributed by atoms with E-state index in [-0.39, 0.29) is 5.91 Å². The third kappa shape index (κ3) is 5.12. The highest BCUT2D eigenvalue weighted by Crippen LogP contribution is 2.28. The predicted molar refractivity (Wildman–Crippen MR) is 85.6 cm³/mol. The van der Waals surface area contributed by atoms with Crippen LogP contribution in [0.3, 0.4) is 0 Å². The summed E-state index contributed by atoms with van der Waals surface area (Å²) >= 11 is 5.81. The van der Waals surface area contributed by atoms with Crippen LogP contribution in [0.2, 0.25) is 0 Å². The number of carbonyl (C=O) groups excluding carboxylic acids is 1. The summed E-state index contributed by atoms with van der Waals surface area (Å²) in [5.41, 5.74) is 0.434. The Balaban J connectivity index is 2.79. The zero-order chi connectivity index (χ0) is 15.7. The number of alkyl halides is 1. The van der Waals surface area contributed by atoms with E-state index in [0.717, 1.165) is 19.3 Å². The van der Waals surface area contributed by atoms with Gasteiger partial charge in [0.15, 0.2) is 0 Å². The summed E-state index contributed by atoms with van der Waals surface area (Å²) in [4.78, 5) is 12.4. The summed E-state index contributed by atoms with van der Waals surface area (Å²) in [6, 6.07) is 5.29. The second-order valence-electron chi connectivity index (χ2n) is 4.88. The number of ether oxygens (including phenoxy) is 2. The Morgan fingerprint density at radius 1 is 1.24 bits per heavy atom. The topological polar surface area (TPSA) is 47.6 Å². The van der Waals surface area contributed by atoms with Gasteiger partial charge in [-0.05, 0) is 30.9 Å². The maximum Gasteiger partial charge on any atom is 0.258 e. The number of halogens is 1. The number of carbonyl (C=O) groups is 1. The zero-order valence-electron chi connectivity index (χ0n) is 12.9. The van der Waals surface area contributed by atoms with Crippen molar-refractivity contribution in [2.45, 2.75) is 26.2 Å². The second kappa shape index (κ2) is 9.50. The number of benzene rings is 1. The maximum atomic E-state index is 12.4. The van der Waals surface area contributed by atoms with Crippen LogP contribution >= 0.6 is 11.6 Å². The Bertz CT molecular complexity index is 423. The van der Waals surface area contributed by atoms with Gasteiger partial charge in [-0.25, -0.2) is 0 Å². The molecule has 4 nitrogen and oxygen atoms in total. The fourth-order valence-electron chi connectivity index (χ4n) is 2.31. The van der Waals surface area contributed by atoms with Crippen molar-refractivity contribution < 1.29 is 14.3 Å². The van der Waals surface area contributed by atoms with Crippen LogP contribution in [0.1, 0.15) is 36.5 Å². The van der Waals surface area contributed by atoms with Crippen molar-refractivity contribution in [2.24, 2.45) is 5.92 Å². The van der Waals surface area contributed by atoms with Crippen molar-refractivity contribution in [3.05, 3.63) is 23.8 Å². The Hall–Kier alpha value is -1.42. The van der Waals surface area contributed by atoms with Crippen molar-refractivity contribution in [1.82, 2.24) is 5.32 Å². The van der Waals surface area contributed by atoms with E-state index >= 15 is 0 Å². The van der Waals surface area contributed by atoms with E-state index in [0.29, 0.717) is 35.4 Å². The Morgan fingerprint density at radius 2 is 1.86 bits per heavy atom. The molecular formula is C16H24ClNO3. The minimum Gasteiger partial charge on any atom is -0.496 e. The first-order valence-electron chi connectivity index (χ1n) is 7.23. The third-order valence-electron chi connectivity index (χ3n) is 3.42. The minimum atomic E-state index is -0.181. The molecule has 0 aliphatic carbocycles. The smallest absolute Gasteiger partial charge is 0.258 e. The highest BCUT2D eigenvalue weighted by molar-refractivity contribution is 6.17. The van der Waals surface area contributed by atoms with Gasteiger partial charge in [0, 0.05) is 12.4 Å². The number of nitrogens with one attached hydrogen (secondary N) is 1. The molecule has 1 unspecified atom stereocenters. The van der Waals surface area contributed by atoms with E-state index in [4.69, 9.17) is 21.1 Å². The van der Waals surface area contributed by atoms with Crippen molar-refractivity contribution in [1.29, 1.82) is 0 Å². The van der Waals surface area contributed by atoms with Crippen molar-refractivity contribution >= 4 is 17.5 Å². The van der Waals surface area contributed by atoms with Gasteiger partial charge in [0.25, 0.3) is 5.91 Å². The van der Waals surface area contributed by atoms with E-state index < -0.39 is 0 Å². The molecule has 1 aromatic carbocycles. The van der Waals surface area contributed by atoms with Gasteiger partial charge in [-0.2, -0.15) is 0 Å². The van der Waals surface area contributed by atoms with Crippen LogP contribution in [0, 0.1) is 5.92 Å². The standard InChI is InChI=1S/C16H24ClNO3/c1-4-6-12(9-10-17)11-18-16(19)15-13(20-2)7-5-8-14(15)21-3/h5,7-8,12H,4,6,9-11H2,1-3H3,(H,18,19). The SMILES string of the molecule is CCCC(CCCl)CNC(=O)c1c(OC)cccc1OC. The van der Waals surface area contributed by atoms with Crippen LogP contribution in [0.15, 0.2) is 18.2 Å². The molecule has 0 aromatic heterocycles. The molecule has 0 aliphatic heterocycles. The average Bonchev–Trinajstić information content (AvgIpc) is 2.51. The average molecular weight is 314 g/mol. The van der Waals surface area contributed by atoms with Crippen LogP contribution < -0.4 is 14.8 Å². The third-order valence-corrected chi connectivity index (χ3v) is 3.64. The molecule has 0 fully saturated rings. The van der Waals surface area contributed by atoms with Crippen LogP contribution in [0.5, 0.6) is 11.5 Å². The molecule has 0 aliphatic rings. The van der Waals surface area contributed by atoms with Gasteiger partial charge >= 0.3 is 0 Å². The van der Waals surface area contributed by atoms with E-state index in [2.05, 4.69) is 12.2 Å². The number of amides is 1. The summed E-state index contributed by atoms with van der Waals surface area (Å²) in [7, 11) is 3.08. The fraction of sp³-hybridized carbons (Fsp3) is 0.562.